The maximum absolute atomic E-state index is 4.50. The Bertz CT molecular complexity index is 408. The number of nitrogens with zero attached hydrogens (tertiary/aromatic N) is 2. The maximum atomic E-state index is 4.50. The van der Waals surface area contributed by atoms with Crippen LogP contribution in [0, 0.1) is 5.92 Å². The fraction of sp³-hybridized carbons (Fsp3) is 0.667. The number of aromatic nitrogens is 2. The lowest BCUT2D eigenvalue weighted by Gasteiger charge is -2.04. The monoisotopic (exact) mass is 327 g/mol. The predicted octanol–water partition coefficient (Wildman–Crippen LogP) is 3.48. The summed E-state index contributed by atoms with van der Waals surface area (Å²) < 4.78 is 3.14. The Balaban J connectivity index is 2.34. The largest absolute Gasteiger partial charge is 0.316 e. The second-order valence-corrected chi connectivity index (χ2v) is 6.04. The quantitative estimate of drug-likeness (QED) is 0.585. The van der Waals surface area contributed by atoms with Gasteiger partial charge in [-0.25, -0.2) is 0 Å². The van der Waals surface area contributed by atoms with Crippen molar-refractivity contribution in [3.05, 3.63) is 28.0 Å². The predicted molar refractivity (Wildman–Crippen MR) is 85.5 cm³/mol. The molecule has 3 nitrogen and oxygen atoms in total. The van der Waals surface area contributed by atoms with E-state index in [1.54, 1.807) is 0 Å². The lowest BCUT2D eigenvalue weighted by molar-refractivity contribution is 0.556. The minimum absolute atomic E-state index is 0.724. The standard InChI is InChI=1S/C15H26BrN3/c1-5-13-15(16)14(19(4)18-13)9-7-6-8-10-17-11-12(2)3/h6-7,12,17H,5,8-11H2,1-4H3. The molecule has 0 aliphatic heterocycles. The molecule has 1 rings (SSSR count). The topological polar surface area (TPSA) is 29.9 Å². The smallest absolute Gasteiger partial charge is 0.0766 e. The van der Waals surface area contributed by atoms with Crippen LogP contribution >= 0.6 is 15.9 Å². The van der Waals surface area contributed by atoms with Crippen LogP contribution in [0.25, 0.3) is 0 Å². The van der Waals surface area contributed by atoms with E-state index in [2.05, 4.69) is 59.3 Å². The van der Waals surface area contributed by atoms with E-state index < -0.39 is 0 Å². The van der Waals surface area contributed by atoms with Crippen molar-refractivity contribution < 1.29 is 0 Å². The molecule has 0 aliphatic carbocycles. The first kappa shape index (κ1) is 16.4. The molecule has 4 heteroatoms. The number of nitrogens with one attached hydrogen (secondary N) is 1. The van der Waals surface area contributed by atoms with Crippen LogP contribution in [-0.2, 0) is 19.9 Å². The minimum atomic E-state index is 0.724. The first-order chi connectivity index (χ1) is 9.06. The highest BCUT2D eigenvalue weighted by Gasteiger charge is 2.10. The van der Waals surface area contributed by atoms with Gasteiger partial charge >= 0.3 is 0 Å². The third kappa shape index (κ3) is 5.49. The lowest BCUT2D eigenvalue weighted by Crippen LogP contribution is -2.20. The summed E-state index contributed by atoms with van der Waals surface area (Å²) in [4.78, 5) is 0. The fourth-order valence-corrected chi connectivity index (χ4v) is 2.71. The zero-order valence-corrected chi connectivity index (χ0v) is 14.1. The molecule has 19 heavy (non-hydrogen) atoms. The van der Waals surface area contributed by atoms with Gasteiger partial charge in [-0.05, 0) is 47.8 Å². The van der Waals surface area contributed by atoms with Crippen LogP contribution in [0.15, 0.2) is 16.6 Å². The number of allylic oxidation sites excluding steroid dienone is 1. The van der Waals surface area contributed by atoms with E-state index in [-0.39, 0.29) is 0 Å². The Morgan fingerprint density at radius 2 is 2.11 bits per heavy atom. The maximum Gasteiger partial charge on any atom is 0.0766 e. The number of hydrogen-bond donors (Lipinski definition) is 1. The molecule has 0 aliphatic rings. The van der Waals surface area contributed by atoms with Gasteiger partial charge in [0, 0.05) is 13.5 Å². The molecule has 0 saturated heterocycles. The molecule has 0 fully saturated rings. The summed E-state index contributed by atoms with van der Waals surface area (Å²) in [6, 6.07) is 0. The summed E-state index contributed by atoms with van der Waals surface area (Å²) in [7, 11) is 2.01. The molecule has 0 aromatic carbocycles. The van der Waals surface area contributed by atoms with Crippen LogP contribution in [0.4, 0.5) is 0 Å². The Labute approximate surface area is 125 Å². The Morgan fingerprint density at radius 3 is 2.68 bits per heavy atom. The Hall–Kier alpha value is -0.610. The zero-order chi connectivity index (χ0) is 14.3. The van der Waals surface area contributed by atoms with Gasteiger partial charge in [0.15, 0.2) is 0 Å². The molecule has 108 valence electrons. The second-order valence-electron chi connectivity index (χ2n) is 5.25. The third-order valence-corrected chi connectivity index (χ3v) is 3.94. The first-order valence-electron chi connectivity index (χ1n) is 7.12. The lowest BCUT2D eigenvalue weighted by atomic mass is 10.2. The number of hydrogen-bond acceptors (Lipinski definition) is 2. The highest BCUT2D eigenvalue weighted by molar-refractivity contribution is 9.10. The zero-order valence-electron chi connectivity index (χ0n) is 12.5. The summed E-state index contributed by atoms with van der Waals surface area (Å²) in [5.74, 6) is 0.724. The number of aryl methyl sites for hydroxylation is 2. The highest BCUT2D eigenvalue weighted by atomic mass is 79.9. The van der Waals surface area contributed by atoms with Crippen LogP contribution in [0.3, 0.4) is 0 Å². The molecule has 0 radical (unpaired) electrons. The van der Waals surface area contributed by atoms with Crippen LogP contribution in [0.2, 0.25) is 0 Å². The molecule has 1 aromatic rings. The van der Waals surface area contributed by atoms with E-state index in [1.165, 1.54) is 10.2 Å². The summed E-state index contributed by atoms with van der Waals surface area (Å²) in [5, 5.41) is 7.94. The second kappa shape index (κ2) is 8.54. The van der Waals surface area contributed by atoms with Gasteiger partial charge in [-0.1, -0.05) is 32.9 Å². The van der Waals surface area contributed by atoms with E-state index in [0.29, 0.717) is 0 Å². The van der Waals surface area contributed by atoms with Crippen molar-refractivity contribution in [1.29, 1.82) is 0 Å². The summed E-state index contributed by atoms with van der Waals surface area (Å²) in [5.41, 5.74) is 2.40. The molecule has 0 unspecified atom stereocenters. The van der Waals surface area contributed by atoms with Crippen molar-refractivity contribution in [3.8, 4) is 0 Å². The average molecular weight is 328 g/mol. The van der Waals surface area contributed by atoms with Crippen molar-refractivity contribution >= 4 is 15.9 Å². The fourth-order valence-electron chi connectivity index (χ4n) is 1.93. The van der Waals surface area contributed by atoms with Gasteiger partial charge in [0.05, 0.1) is 15.9 Å². The van der Waals surface area contributed by atoms with Gasteiger partial charge in [-0.15, -0.1) is 0 Å². The molecule has 0 atom stereocenters. The van der Waals surface area contributed by atoms with Crippen LogP contribution in [-0.4, -0.2) is 22.9 Å². The SMILES string of the molecule is CCc1nn(C)c(CC=CCCNCC(C)C)c1Br. The molecular weight excluding hydrogens is 302 g/mol. The molecule has 1 N–H and O–H groups in total. The van der Waals surface area contributed by atoms with E-state index in [9.17, 15) is 0 Å². The van der Waals surface area contributed by atoms with Crippen molar-refractivity contribution in [2.75, 3.05) is 13.1 Å². The van der Waals surface area contributed by atoms with Gasteiger partial charge < -0.3 is 5.32 Å². The first-order valence-corrected chi connectivity index (χ1v) is 7.91. The summed E-state index contributed by atoms with van der Waals surface area (Å²) in [6.45, 7) is 8.75. The molecule has 0 spiro atoms. The van der Waals surface area contributed by atoms with Gasteiger partial charge in [0.1, 0.15) is 0 Å². The van der Waals surface area contributed by atoms with Crippen molar-refractivity contribution in [1.82, 2.24) is 15.1 Å². The molecule has 1 aromatic heterocycles. The third-order valence-electron chi connectivity index (χ3n) is 3.02. The molecular formula is C15H26BrN3. The van der Waals surface area contributed by atoms with Gasteiger partial charge in [-0.3, -0.25) is 4.68 Å². The Kier molecular flexibility index (Phi) is 7.39. The summed E-state index contributed by atoms with van der Waals surface area (Å²) in [6.07, 6.45) is 7.48. The van der Waals surface area contributed by atoms with Crippen molar-refractivity contribution in [2.45, 2.75) is 40.0 Å². The normalized spacial score (nSPS) is 11.9. The minimum Gasteiger partial charge on any atom is -0.316 e. The van der Waals surface area contributed by atoms with Crippen LogP contribution in [0.5, 0.6) is 0 Å². The van der Waals surface area contributed by atoms with Crippen molar-refractivity contribution in [3.63, 3.8) is 0 Å². The van der Waals surface area contributed by atoms with E-state index in [4.69, 9.17) is 0 Å². The highest BCUT2D eigenvalue weighted by Crippen LogP contribution is 2.22. The van der Waals surface area contributed by atoms with Crippen LogP contribution in [0.1, 0.15) is 38.6 Å². The molecule has 1 heterocycles. The van der Waals surface area contributed by atoms with Crippen molar-refractivity contribution in [2.24, 2.45) is 13.0 Å². The number of halogens is 1. The van der Waals surface area contributed by atoms with Crippen LogP contribution < -0.4 is 5.32 Å². The van der Waals surface area contributed by atoms with E-state index in [0.717, 1.165) is 44.0 Å². The summed E-state index contributed by atoms with van der Waals surface area (Å²) >= 11 is 3.64. The average Bonchev–Trinajstić information content (AvgIpc) is 2.64. The van der Waals surface area contributed by atoms with Gasteiger partial charge in [0.25, 0.3) is 0 Å². The van der Waals surface area contributed by atoms with E-state index >= 15 is 0 Å². The number of rotatable bonds is 8. The molecule has 0 saturated carbocycles. The van der Waals surface area contributed by atoms with Gasteiger partial charge in [0.2, 0.25) is 0 Å². The molecule has 0 amide bonds. The van der Waals surface area contributed by atoms with E-state index in [1.807, 2.05) is 11.7 Å². The molecule has 0 bridgehead atoms. The Morgan fingerprint density at radius 1 is 1.37 bits per heavy atom. The van der Waals surface area contributed by atoms with Gasteiger partial charge in [-0.2, -0.15) is 5.10 Å².